The van der Waals surface area contributed by atoms with Crippen LogP contribution in [-0.2, 0) is 5.41 Å². The van der Waals surface area contributed by atoms with Crippen molar-refractivity contribution in [2.75, 3.05) is 0 Å². The molecule has 10 aromatic rings. The third kappa shape index (κ3) is 3.83. The first kappa shape index (κ1) is 29.6. The molecule has 250 valence electrons. The van der Waals surface area contributed by atoms with Crippen molar-refractivity contribution >= 4 is 32.6 Å². The first-order valence-corrected chi connectivity index (χ1v) is 18.9. The summed E-state index contributed by atoms with van der Waals surface area (Å²) in [5, 5.41) is 5.10. The Bertz CT molecular complexity index is 3100. The highest BCUT2D eigenvalue weighted by atomic mass is 15.0. The molecule has 1 heterocycles. The molecule has 1 nitrogen and oxygen atoms in total. The Morgan fingerprint density at radius 2 is 0.889 bits per heavy atom. The molecule has 1 spiro atoms. The molecular formula is C53H33N. The van der Waals surface area contributed by atoms with Gasteiger partial charge in [0.1, 0.15) is 0 Å². The van der Waals surface area contributed by atoms with Gasteiger partial charge < -0.3 is 4.57 Å². The molecule has 0 fully saturated rings. The van der Waals surface area contributed by atoms with E-state index < -0.39 is 5.41 Å². The van der Waals surface area contributed by atoms with E-state index in [1.165, 1.54) is 105 Å². The fourth-order valence-electron chi connectivity index (χ4n) is 10.0. The molecule has 0 amide bonds. The molecule has 9 aromatic carbocycles. The largest absolute Gasteiger partial charge is 0.309 e. The van der Waals surface area contributed by atoms with Crippen LogP contribution in [0.3, 0.4) is 0 Å². The number of benzene rings is 9. The molecule has 0 unspecified atom stereocenters. The van der Waals surface area contributed by atoms with E-state index in [1.807, 2.05) is 0 Å². The van der Waals surface area contributed by atoms with Crippen molar-refractivity contribution in [2.45, 2.75) is 5.41 Å². The SMILES string of the molecule is c1ccc(-c2ccc3c(c2)C2(c4ccccc4-c4ccccc42)c2cc(-c4ccc5c(c4)c4ccccc4n5-c4ccccc4)c4ccccc4c2-3)cc1. The van der Waals surface area contributed by atoms with Crippen LogP contribution in [0.2, 0.25) is 0 Å². The van der Waals surface area contributed by atoms with Gasteiger partial charge in [0.25, 0.3) is 0 Å². The average molecular weight is 684 g/mol. The molecule has 0 atom stereocenters. The van der Waals surface area contributed by atoms with Gasteiger partial charge in [0.05, 0.1) is 16.4 Å². The molecule has 2 aliphatic carbocycles. The van der Waals surface area contributed by atoms with E-state index in [1.54, 1.807) is 0 Å². The van der Waals surface area contributed by atoms with Gasteiger partial charge in [0.15, 0.2) is 0 Å². The topological polar surface area (TPSA) is 4.93 Å². The van der Waals surface area contributed by atoms with Gasteiger partial charge in [-0.15, -0.1) is 0 Å². The number of hydrogen-bond donors (Lipinski definition) is 0. The lowest BCUT2D eigenvalue weighted by Gasteiger charge is -2.31. The smallest absolute Gasteiger partial charge is 0.0726 e. The highest BCUT2D eigenvalue weighted by Gasteiger charge is 2.52. The molecule has 54 heavy (non-hydrogen) atoms. The van der Waals surface area contributed by atoms with Crippen LogP contribution in [0.4, 0.5) is 0 Å². The van der Waals surface area contributed by atoms with Gasteiger partial charge in [-0.2, -0.15) is 0 Å². The highest BCUT2D eigenvalue weighted by Crippen LogP contribution is 2.64. The van der Waals surface area contributed by atoms with Gasteiger partial charge in [0, 0.05) is 16.5 Å². The minimum absolute atomic E-state index is 0.463. The second kappa shape index (κ2) is 11.0. The van der Waals surface area contributed by atoms with Gasteiger partial charge in [-0.05, 0) is 120 Å². The van der Waals surface area contributed by atoms with Crippen LogP contribution in [0, 0.1) is 0 Å². The van der Waals surface area contributed by atoms with Crippen LogP contribution in [0.15, 0.2) is 200 Å². The Morgan fingerprint density at radius 3 is 1.65 bits per heavy atom. The quantitative estimate of drug-likeness (QED) is 0.175. The fraction of sp³-hybridized carbons (Fsp3) is 0.0189. The molecule has 1 aromatic heterocycles. The second-order valence-corrected chi connectivity index (χ2v) is 14.8. The summed E-state index contributed by atoms with van der Waals surface area (Å²) in [6.07, 6.45) is 0. The summed E-state index contributed by atoms with van der Waals surface area (Å²) in [4.78, 5) is 0. The van der Waals surface area contributed by atoms with Gasteiger partial charge in [-0.1, -0.05) is 158 Å². The lowest BCUT2D eigenvalue weighted by Crippen LogP contribution is -2.26. The molecular weight excluding hydrogens is 651 g/mol. The zero-order chi connectivity index (χ0) is 35.4. The molecule has 1 heteroatoms. The number of fused-ring (bicyclic) bond motifs is 15. The van der Waals surface area contributed by atoms with E-state index in [0.717, 1.165) is 0 Å². The molecule has 12 rings (SSSR count). The maximum absolute atomic E-state index is 2.55. The van der Waals surface area contributed by atoms with Crippen molar-refractivity contribution in [1.82, 2.24) is 4.57 Å². The summed E-state index contributed by atoms with van der Waals surface area (Å²) in [5.41, 5.74) is 18.9. The molecule has 0 saturated carbocycles. The summed E-state index contributed by atoms with van der Waals surface area (Å²) in [7, 11) is 0. The molecule has 0 bridgehead atoms. The standard InChI is InChI=1S/C53H33N/c1-3-15-34(16-4-1)35-27-29-43-48(32-35)53(46-24-12-9-20-39(46)40-21-10-13-25-47(40)53)49-33-44(38-19-7-8-23-42(38)52(43)49)36-28-30-51-45(31-36)41-22-11-14-26-50(41)54(51)37-17-5-2-6-18-37/h1-33H. The molecule has 0 aliphatic heterocycles. The van der Waals surface area contributed by atoms with Crippen molar-refractivity contribution in [3.05, 3.63) is 222 Å². The Hall–Kier alpha value is -6.96. The van der Waals surface area contributed by atoms with Crippen LogP contribution in [-0.4, -0.2) is 4.57 Å². The molecule has 0 saturated heterocycles. The van der Waals surface area contributed by atoms with Gasteiger partial charge in [-0.25, -0.2) is 0 Å². The number of para-hydroxylation sites is 2. The van der Waals surface area contributed by atoms with Crippen LogP contribution >= 0.6 is 0 Å². The first-order chi connectivity index (χ1) is 26.8. The lowest BCUT2D eigenvalue weighted by atomic mass is 9.69. The molecule has 0 N–H and O–H groups in total. The van der Waals surface area contributed by atoms with E-state index in [0.29, 0.717) is 0 Å². The third-order valence-electron chi connectivity index (χ3n) is 12.2. The van der Waals surface area contributed by atoms with E-state index in [9.17, 15) is 0 Å². The number of rotatable bonds is 3. The monoisotopic (exact) mass is 683 g/mol. The van der Waals surface area contributed by atoms with Crippen molar-refractivity contribution < 1.29 is 0 Å². The second-order valence-electron chi connectivity index (χ2n) is 14.8. The zero-order valence-corrected chi connectivity index (χ0v) is 29.5. The van der Waals surface area contributed by atoms with E-state index in [-0.39, 0.29) is 0 Å². The Morgan fingerprint density at radius 1 is 0.296 bits per heavy atom. The van der Waals surface area contributed by atoms with Crippen LogP contribution < -0.4 is 0 Å². The lowest BCUT2D eigenvalue weighted by molar-refractivity contribution is 0.795. The van der Waals surface area contributed by atoms with Crippen LogP contribution in [0.1, 0.15) is 22.3 Å². The zero-order valence-electron chi connectivity index (χ0n) is 29.5. The highest BCUT2D eigenvalue weighted by molar-refractivity contribution is 6.14. The first-order valence-electron chi connectivity index (χ1n) is 18.9. The maximum atomic E-state index is 2.55. The summed E-state index contributed by atoms with van der Waals surface area (Å²) < 4.78 is 2.40. The predicted molar refractivity (Wildman–Crippen MR) is 225 cm³/mol. The maximum Gasteiger partial charge on any atom is 0.0726 e. The molecule has 2 aliphatic rings. The number of aromatic nitrogens is 1. The predicted octanol–water partition coefficient (Wildman–Crippen LogP) is 13.6. The third-order valence-corrected chi connectivity index (χ3v) is 12.2. The van der Waals surface area contributed by atoms with Gasteiger partial charge in [0.2, 0.25) is 0 Å². The van der Waals surface area contributed by atoms with Crippen LogP contribution in [0.25, 0.3) is 82.8 Å². The van der Waals surface area contributed by atoms with E-state index in [4.69, 9.17) is 0 Å². The van der Waals surface area contributed by atoms with E-state index >= 15 is 0 Å². The summed E-state index contributed by atoms with van der Waals surface area (Å²) in [6, 6.07) is 74.6. The average Bonchev–Trinajstić information content (AvgIpc) is 3.85. The minimum Gasteiger partial charge on any atom is -0.309 e. The van der Waals surface area contributed by atoms with Gasteiger partial charge >= 0.3 is 0 Å². The Balaban J connectivity index is 1.19. The minimum atomic E-state index is -0.463. The molecule has 0 radical (unpaired) electrons. The van der Waals surface area contributed by atoms with Gasteiger partial charge in [-0.3, -0.25) is 0 Å². The van der Waals surface area contributed by atoms with Crippen molar-refractivity contribution in [3.8, 4) is 50.2 Å². The van der Waals surface area contributed by atoms with Crippen molar-refractivity contribution in [3.63, 3.8) is 0 Å². The Labute approximate surface area is 314 Å². The summed E-state index contributed by atoms with van der Waals surface area (Å²) in [6.45, 7) is 0. The van der Waals surface area contributed by atoms with Crippen molar-refractivity contribution in [1.29, 1.82) is 0 Å². The fourth-order valence-corrected chi connectivity index (χ4v) is 10.0. The summed E-state index contributed by atoms with van der Waals surface area (Å²) in [5.74, 6) is 0. The van der Waals surface area contributed by atoms with E-state index in [2.05, 4.69) is 205 Å². The Kier molecular flexibility index (Phi) is 6.04. The summed E-state index contributed by atoms with van der Waals surface area (Å²) >= 11 is 0. The van der Waals surface area contributed by atoms with Crippen LogP contribution in [0.5, 0.6) is 0 Å². The number of hydrogen-bond acceptors (Lipinski definition) is 0. The normalized spacial score (nSPS) is 13.3. The number of nitrogens with zero attached hydrogens (tertiary/aromatic N) is 1. The van der Waals surface area contributed by atoms with Crippen molar-refractivity contribution in [2.24, 2.45) is 0 Å².